The molecule has 0 spiro atoms. The molecule has 0 aromatic rings. The molecule has 100 valence electrons. The maximum Gasteiger partial charge on any atom is 0.0705 e. The first-order valence-corrected chi connectivity index (χ1v) is 7.02. The fraction of sp³-hybridized carbons (Fsp3) is 1.00. The Morgan fingerprint density at radius 2 is 2.06 bits per heavy atom. The zero-order valence-electron chi connectivity index (χ0n) is 11.1. The molecule has 4 nitrogen and oxygen atoms in total. The molecular formula is C13H27N3O. The molecule has 17 heavy (non-hydrogen) atoms. The summed E-state index contributed by atoms with van der Waals surface area (Å²) in [7, 11) is 1.76. The minimum Gasteiger partial charge on any atom is -0.380 e. The lowest BCUT2D eigenvalue weighted by Gasteiger charge is -2.24. The molecule has 2 heterocycles. The van der Waals surface area contributed by atoms with Crippen molar-refractivity contribution in [3.63, 3.8) is 0 Å². The van der Waals surface area contributed by atoms with Gasteiger partial charge in [0, 0.05) is 32.8 Å². The van der Waals surface area contributed by atoms with Gasteiger partial charge in [-0.1, -0.05) is 0 Å². The Labute approximate surface area is 105 Å². The van der Waals surface area contributed by atoms with Crippen molar-refractivity contribution in [1.29, 1.82) is 0 Å². The minimum absolute atomic E-state index is 0.237. The number of hydrogen-bond acceptors (Lipinski definition) is 4. The van der Waals surface area contributed by atoms with E-state index in [1.54, 1.807) is 7.11 Å². The van der Waals surface area contributed by atoms with Crippen LogP contribution in [0.1, 0.15) is 25.7 Å². The second-order valence-corrected chi connectivity index (χ2v) is 5.37. The highest BCUT2D eigenvalue weighted by Gasteiger charge is 2.29. The molecule has 0 radical (unpaired) electrons. The standard InChI is InChI=1S/C13H27N3O/c1-17-13(10-14)5-9-15-8-4-12(11-15)16-6-2-3-7-16/h12-13H,2-11,14H2,1H3. The highest BCUT2D eigenvalue weighted by atomic mass is 16.5. The molecule has 2 rings (SSSR count). The Morgan fingerprint density at radius 3 is 2.71 bits per heavy atom. The van der Waals surface area contributed by atoms with Crippen LogP contribution in [0, 0.1) is 0 Å². The average Bonchev–Trinajstić information content (AvgIpc) is 3.01. The molecule has 2 aliphatic rings. The summed E-state index contributed by atoms with van der Waals surface area (Å²) in [6, 6.07) is 0.816. The lowest BCUT2D eigenvalue weighted by atomic mass is 10.2. The van der Waals surface area contributed by atoms with Gasteiger partial charge in [0.1, 0.15) is 0 Å². The molecule has 0 aromatic heterocycles. The molecule has 0 amide bonds. The van der Waals surface area contributed by atoms with Gasteiger partial charge in [-0.25, -0.2) is 0 Å². The smallest absolute Gasteiger partial charge is 0.0705 e. The van der Waals surface area contributed by atoms with E-state index in [4.69, 9.17) is 10.5 Å². The molecule has 2 unspecified atom stereocenters. The van der Waals surface area contributed by atoms with Gasteiger partial charge in [0.2, 0.25) is 0 Å². The molecule has 4 heteroatoms. The summed E-state index contributed by atoms with van der Waals surface area (Å²) < 4.78 is 5.32. The summed E-state index contributed by atoms with van der Waals surface area (Å²) in [5.74, 6) is 0. The molecule has 2 N–H and O–H groups in total. The summed E-state index contributed by atoms with van der Waals surface area (Å²) in [5, 5.41) is 0. The Bertz CT molecular complexity index is 215. The second-order valence-electron chi connectivity index (χ2n) is 5.37. The van der Waals surface area contributed by atoms with Gasteiger partial charge in [-0.2, -0.15) is 0 Å². The average molecular weight is 241 g/mol. The van der Waals surface area contributed by atoms with Crippen LogP contribution in [0.15, 0.2) is 0 Å². The highest BCUT2D eigenvalue weighted by molar-refractivity contribution is 4.85. The van der Waals surface area contributed by atoms with Crippen LogP contribution >= 0.6 is 0 Å². The van der Waals surface area contributed by atoms with Gasteiger partial charge in [0.05, 0.1) is 6.10 Å². The molecule has 2 atom stereocenters. The van der Waals surface area contributed by atoms with Crippen molar-refractivity contribution in [2.45, 2.75) is 37.8 Å². The van der Waals surface area contributed by atoms with Crippen LogP contribution in [-0.4, -0.2) is 68.3 Å². The first-order valence-electron chi connectivity index (χ1n) is 7.02. The van der Waals surface area contributed by atoms with E-state index in [1.807, 2.05) is 0 Å². The van der Waals surface area contributed by atoms with E-state index in [2.05, 4.69) is 9.80 Å². The van der Waals surface area contributed by atoms with E-state index in [9.17, 15) is 0 Å². The summed E-state index contributed by atoms with van der Waals surface area (Å²) in [5.41, 5.74) is 5.64. The molecule has 0 aliphatic carbocycles. The van der Waals surface area contributed by atoms with Crippen molar-refractivity contribution in [2.75, 3.05) is 46.4 Å². The maximum atomic E-state index is 5.64. The zero-order valence-corrected chi connectivity index (χ0v) is 11.1. The van der Waals surface area contributed by atoms with Gasteiger partial charge >= 0.3 is 0 Å². The Kier molecular flexibility index (Phi) is 5.22. The molecule has 0 bridgehead atoms. The topological polar surface area (TPSA) is 41.7 Å². The molecule has 2 fully saturated rings. The van der Waals surface area contributed by atoms with E-state index in [-0.39, 0.29) is 6.10 Å². The number of likely N-dealkylation sites (tertiary alicyclic amines) is 2. The van der Waals surface area contributed by atoms with Gasteiger partial charge in [-0.05, 0) is 45.3 Å². The molecule has 0 saturated carbocycles. The van der Waals surface area contributed by atoms with E-state index < -0.39 is 0 Å². The highest BCUT2D eigenvalue weighted by Crippen LogP contribution is 2.20. The summed E-state index contributed by atoms with van der Waals surface area (Å²) in [6.07, 6.45) is 5.45. The first-order chi connectivity index (χ1) is 8.33. The normalized spacial score (nSPS) is 28.9. The first kappa shape index (κ1) is 13.3. The number of nitrogens with zero attached hydrogens (tertiary/aromatic N) is 2. The Balaban J connectivity index is 1.67. The largest absolute Gasteiger partial charge is 0.380 e. The van der Waals surface area contributed by atoms with Crippen molar-refractivity contribution in [1.82, 2.24) is 9.80 Å². The van der Waals surface area contributed by atoms with E-state index in [0.29, 0.717) is 6.54 Å². The van der Waals surface area contributed by atoms with E-state index in [0.717, 1.165) is 19.0 Å². The molecular weight excluding hydrogens is 214 g/mol. The number of hydrogen-bond donors (Lipinski definition) is 1. The van der Waals surface area contributed by atoms with Crippen LogP contribution in [-0.2, 0) is 4.74 Å². The third-order valence-electron chi connectivity index (χ3n) is 4.27. The zero-order chi connectivity index (χ0) is 12.1. The van der Waals surface area contributed by atoms with Crippen LogP contribution in [0.2, 0.25) is 0 Å². The summed E-state index contributed by atoms with van der Waals surface area (Å²) in [6.45, 7) is 6.92. The molecule has 0 aromatic carbocycles. The van der Waals surface area contributed by atoms with Crippen LogP contribution < -0.4 is 5.73 Å². The fourth-order valence-electron chi connectivity index (χ4n) is 3.08. The summed E-state index contributed by atoms with van der Waals surface area (Å²) in [4.78, 5) is 5.25. The van der Waals surface area contributed by atoms with Crippen molar-refractivity contribution in [2.24, 2.45) is 5.73 Å². The van der Waals surface area contributed by atoms with Crippen molar-refractivity contribution >= 4 is 0 Å². The second kappa shape index (κ2) is 6.69. The number of rotatable bonds is 6. The monoisotopic (exact) mass is 241 g/mol. The maximum absolute atomic E-state index is 5.64. The minimum atomic E-state index is 0.237. The fourth-order valence-corrected chi connectivity index (χ4v) is 3.08. The van der Waals surface area contributed by atoms with E-state index in [1.165, 1.54) is 45.4 Å². The van der Waals surface area contributed by atoms with Crippen LogP contribution in [0.4, 0.5) is 0 Å². The Morgan fingerprint density at radius 1 is 1.29 bits per heavy atom. The predicted octanol–water partition coefficient (Wildman–Crippen LogP) is 0.520. The molecule has 2 aliphatic heterocycles. The predicted molar refractivity (Wildman–Crippen MR) is 70.1 cm³/mol. The van der Waals surface area contributed by atoms with Gasteiger partial charge < -0.3 is 15.4 Å². The third kappa shape index (κ3) is 3.65. The number of nitrogens with two attached hydrogens (primary N) is 1. The number of ether oxygens (including phenoxy) is 1. The lowest BCUT2D eigenvalue weighted by molar-refractivity contribution is 0.0914. The van der Waals surface area contributed by atoms with E-state index >= 15 is 0 Å². The van der Waals surface area contributed by atoms with Crippen molar-refractivity contribution < 1.29 is 4.74 Å². The SMILES string of the molecule is COC(CN)CCN1CCC(N2CCCC2)C1. The third-order valence-corrected chi connectivity index (χ3v) is 4.27. The van der Waals surface area contributed by atoms with Gasteiger partial charge in [0.15, 0.2) is 0 Å². The Hall–Kier alpha value is -0.160. The van der Waals surface area contributed by atoms with Crippen LogP contribution in [0.25, 0.3) is 0 Å². The van der Waals surface area contributed by atoms with Crippen molar-refractivity contribution in [3.05, 3.63) is 0 Å². The van der Waals surface area contributed by atoms with Gasteiger partial charge in [-0.15, -0.1) is 0 Å². The lowest BCUT2D eigenvalue weighted by Crippen LogP contribution is -2.36. The van der Waals surface area contributed by atoms with Gasteiger partial charge in [0.25, 0.3) is 0 Å². The quantitative estimate of drug-likeness (QED) is 0.736. The number of methoxy groups -OCH3 is 1. The molecule has 2 saturated heterocycles. The van der Waals surface area contributed by atoms with Gasteiger partial charge in [-0.3, -0.25) is 4.90 Å². The van der Waals surface area contributed by atoms with Crippen LogP contribution in [0.5, 0.6) is 0 Å². The van der Waals surface area contributed by atoms with Crippen LogP contribution in [0.3, 0.4) is 0 Å². The summed E-state index contributed by atoms with van der Waals surface area (Å²) >= 11 is 0. The van der Waals surface area contributed by atoms with Crippen molar-refractivity contribution in [3.8, 4) is 0 Å².